The fourth-order valence-electron chi connectivity index (χ4n) is 1.95. The summed E-state index contributed by atoms with van der Waals surface area (Å²) in [4.78, 5) is 11.3. The Hall–Kier alpha value is -1.94. The van der Waals surface area contributed by atoms with Crippen LogP contribution in [0.15, 0.2) is 42.5 Å². The molecule has 1 unspecified atom stereocenters. The Morgan fingerprint density at radius 2 is 1.95 bits per heavy atom. The molecule has 0 amide bonds. The van der Waals surface area contributed by atoms with Crippen LogP contribution in [0, 0.1) is 0 Å². The van der Waals surface area contributed by atoms with Gasteiger partial charge < -0.3 is 10.5 Å². The molecule has 0 heterocycles. The number of nitrogens with two attached hydrogens (primary N) is 1. The molecule has 0 aromatic heterocycles. The average molecular weight is 261 g/mol. The van der Waals surface area contributed by atoms with Gasteiger partial charge in [0.15, 0.2) is 0 Å². The van der Waals surface area contributed by atoms with Crippen LogP contribution in [0.1, 0.15) is 18.5 Å². The maximum absolute atomic E-state index is 13.9. The van der Waals surface area contributed by atoms with E-state index in [9.17, 15) is 9.18 Å². The van der Waals surface area contributed by atoms with Gasteiger partial charge in [0.1, 0.15) is 0 Å². The highest BCUT2D eigenvalue weighted by atomic mass is 19.1. The Labute approximate surface area is 111 Å². The van der Waals surface area contributed by atoms with E-state index in [1.165, 1.54) is 0 Å². The van der Waals surface area contributed by atoms with E-state index < -0.39 is 18.2 Å². The van der Waals surface area contributed by atoms with Gasteiger partial charge in [-0.05, 0) is 29.3 Å². The van der Waals surface area contributed by atoms with Gasteiger partial charge in [0.05, 0.1) is 12.6 Å². The lowest BCUT2D eigenvalue weighted by Gasteiger charge is -2.16. The zero-order valence-corrected chi connectivity index (χ0v) is 10.7. The lowest BCUT2D eigenvalue weighted by Crippen LogP contribution is -2.31. The van der Waals surface area contributed by atoms with Crippen molar-refractivity contribution in [2.75, 3.05) is 6.61 Å². The molecule has 0 saturated heterocycles. The van der Waals surface area contributed by atoms with E-state index in [0.29, 0.717) is 5.56 Å². The molecule has 0 fully saturated rings. The van der Waals surface area contributed by atoms with Crippen molar-refractivity contribution in [3.8, 4) is 0 Å². The van der Waals surface area contributed by atoms with Crippen molar-refractivity contribution in [2.24, 2.45) is 5.73 Å². The van der Waals surface area contributed by atoms with Gasteiger partial charge in [-0.2, -0.15) is 0 Å². The molecule has 4 heteroatoms. The first-order valence-electron chi connectivity index (χ1n) is 6.18. The summed E-state index contributed by atoms with van der Waals surface area (Å²) in [5, 5.41) is 2.01. The van der Waals surface area contributed by atoms with E-state index in [0.717, 1.165) is 10.8 Å². The number of halogens is 1. The first-order valence-corrected chi connectivity index (χ1v) is 6.18. The van der Waals surface area contributed by atoms with Crippen LogP contribution in [-0.4, -0.2) is 18.7 Å². The van der Waals surface area contributed by atoms with Gasteiger partial charge in [0.25, 0.3) is 0 Å². The second-order valence-electron chi connectivity index (χ2n) is 4.29. The van der Waals surface area contributed by atoms with Crippen molar-refractivity contribution in [2.45, 2.75) is 19.1 Å². The summed E-state index contributed by atoms with van der Waals surface area (Å²) in [6.45, 7) is 1.77. The van der Waals surface area contributed by atoms with E-state index in [1.54, 1.807) is 19.1 Å². The van der Waals surface area contributed by atoms with Crippen molar-refractivity contribution in [3.63, 3.8) is 0 Å². The number of carbonyl (C=O) groups excluding carboxylic acids is 1. The topological polar surface area (TPSA) is 52.3 Å². The molecular formula is C15H16FNO2. The molecule has 0 radical (unpaired) electrons. The summed E-state index contributed by atoms with van der Waals surface area (Å²) in [5.41, 5.74) is 6.37. The lowest BCUT2D eigenvalue weighted by atomic mass is 9.99. The van der Waals surface area contributed by atoms with Crippen molar-refractivity contribution in [3.05, 3.63) is 48.0 Å². The van der Waals surface area contributed by atoms with Crippen LogP contribution < -0.4 is 5.73 Å². The molecule has 2 aromatic rings. The lowest BCUT2D eigenvalue weighted by molar-refractivity contribution is -0.149. The maximum Gasteiger partial charge on any atom is 0.342 e. The highest BCUT2D eigenvalue weighted by Gasteiger charge is 2.27. The van der Waals surface area contributed by atoms with Crippen molar-refractivity contribution in [1.82, 2.24) is 0 Å². The molecule has 2 rings (SSSR count). The maximum atomic E-state index is 13.9. The number of rotatable bonds is 4. The van der Waals surface area contributed by atoms with E-state index in [1.807, 2.05) is 30.3 Å². The third kappa shape index (κ3) is 2.90. The summed E-state index contributed by atoms with van der Waals surface area (Å²) in [7, 11) is 0. The summed E-state index contributed by atoms with van der Waals surface area (Å²) in [6.07, 6.45) is -1.85. The van der Waals surface area contributed by atoms with Gasteiger partial charge in [-0.15, -0.1) is 0 Å². The zero-order valence-electron chi connectivity index (χ0n) is 10.7. The Kier molecular flexibility index (Phi) is 4.12. The highest BCUT2D eigenvalue weighted by molar-refractivity contribution is 5.83. The number of hydrogen-bond donors (Lipinski definition) is 1. The number of benzene rings is 2. The molecule has 0 saturated carbocycles. The summed E-state index contributed by atoms with van der Waals surface area (Å²) in [5.74, 6) is -0.914. The van der Waals surface area contributed by atoms with Crippen molar-refractivity contribution in [1.29, 1.82) is 0 Å². The largest absolute Gasteiger partial charge is 0.464 e. The minimum absolute atomic E-state index is 0.143. The van der Waals surface area contributed by atoms with Crippen LogP contribution in [0.2, 0.25) is 0 Å². The van der Waals surface area contributed by atoms with Crippen molar-refractivity contribution < 1.29 is 13.9 Å². The van der Waals surface area contributed by atoms with Crippen LogP contribution in [0.4, 0.5) is 4.39 Å². The van der Waals surface area contributed by atoms with E-state index in [2.05, 4.69) is 4.74 Å². The first kappa shape index (κ1) is 13.5. The molecule has 100 valence electrons. The predicted octanol–water partition coefficient (Wildman–Crippen LogP) is 2.74. The fraction of sp³-hybridized carbons (Fsp3) is 0.267. The SMILES string of the molecule is CCOC(=O)C(F)[C@@H](N)c1ccc2ccccc2c1. The number of hydrogen-bond acceptors (Lipinski definition) is 3. The number of ether oxygens (including phenoxy) is 1. The quantitative estimate of drug-likeness (QED) is 0.861. The van der Waals surface area contributed by atoms with E-state index in [-0.39, 0.29) is 6.61 Å². The monoisotopic (exact) mass is 261 g/mol. The van der Waals surface area contributed by atoms with Crippen LogP contribution in [0.3, 0.4) is 0 Å². The normalized spacial score (nSPS) is 14.1. The molecule has 2 aromatic carbocycles. The van der Waals surface area contributed by atoms with Gasteiger partial charge in [-0.1, -0.05) is 36.4 Å². The number of carbonyl (C=O) groups is 1. The molecule has 0 aliphatic carbocycles. The van der Waals surface area contributed by atoms with Gasteiger partial charge >= 0.3 is 5.97 Å². The molecule has 3 nitrogen and oxygen atoms in total. The van der Waals surface area contributed by atoms with Gasteiger partial charge in [-0.25, -0.2) is 9.18 Å². The average Bonchev–Trinajstić information content (AvgIpc) is 2.45. The second-order valence-corrected chi connectivity index (χ2v) is 4.29. The third-order valence-electron chi connectivity index (χ3n) is 2.99. The molecule has 0 spiro atoms. The van der Waals surface area contributed by atoms with E-state index >= 15 is 0 Å². The number of fused-ring (bicyclic) bond motifs is 1. The highest BCUT2D eigenvalue weighted by Crippen LogP contribution is 2.23. The van der Waals surface area contributed by atoms with Crippen LogP contribution in [0.25, 0.3) is 10.8 Å². The summed E-state index contributed by atoms with van der Waals surface area (Å²) >= 11 is 0. The predicted molar refractivity (Wildman–Crippen MR) is 72.4 cm³/mol. The fourth-order valence-corrected chi connectivity index (χ4v) is 1.95. The number of esters is 1. The Bertz CT molecular complexity index is 585. The molecule has 2 atom stereocenters. The standard InChI is InChI=1S/C15H16FNO2/c1-2-19-15(18)13(16)14(17)12-8-7-10-5-3-4-6-11(10)9-12/h3-9,13-14H,2,17H2,1H3/t13?,14-/m0/s1. The third-order valence-corrected chi connectivity index (χ3v) is 2.99. The van der Waals surface area contributed by atoms with Crippen LogP contribution in [-0.2, 0) is 9.53 Å². The molecule has 0 aliphatic heterocycles. The smallest absolute Gasteiger partial charge is 0.342 e. The molecule has 2 N–H and O–H groups in total. The van der Waals surface area contributed by atoms with E-state index in [4.69, 9.17) is 5.73 Å². The minimum atomic E-state index is -1.85. The summed E-state index contributed by atoms with van der Waals surface area (Å²) < 4.78 is 18.5. The Morgan fingerprint density at radius 1 is 1.26 bits per heavy atom. The summed E-state index contributed by atoms with van der Waals surface area (Å²) in [6, 6.07) is 12.1. The molecule has 0 aliphatic rings. The minimum Gasteiger partial charge on any atom is -0.464 e. The number of alkyl halides is 1. The van der Waals surface area contributed by atoms with Gasteiger partial charge in [-0.3, -0.25) is 0 Å². The molecule has 19 heavy (non-hydrogen) atoms. The molecular weight excluding hydrogens is 245 g/mol. The first-order chi connectivity index (χ1) is 9.13. The zero-order chi connectivity index (χ0) is 13.8. The van der Waals surface area contributed by atoms with Crippen molar-refractivity contribution >= 4 is 16.7 Å². The molecule has 0 bridgehead atoms. The second kappa shape index (κ2) is 5.80. The van der Waals surface area contributed by atoms with Crippen LogP contribution in [0.5, 0.6) is 0 Å². The van der Waals surface area contributed by atoms with Gasteiger partial charge in [0.2, 0.25) is 6.17 Å². The van der Waals surface area contributed by atoms with Gasteiger partial charge in [0, 0.05) is 0 Å². The Morgan fingerprint density at radius 3 is 2.63 bits per heavy atom. The Balaban J connectivity index is 2.25. The van der Waals surface area contributed by atoms with Crippen LogP contribution >= 0.6 is 0 Å².